The molecule has 1 aromatic rings. The van der Waals surface area contributed by atoms with E-state index < -0.39 is 0 Å². The molecule has 5 heteroatoms. The molecule has 1 amide bonds. The van der Waals surface area contributed by atoms with Gasteiger partial charge in [-0.25, -0.2) is 0 Å². The van der Waals surface area contributed by atoms with Crippen molar-refractivity contribution in [3.8, 4) is 0 Å². The maximum Gasteiger partial charge on any atom is 0.224 e. The highest BCUT2D eigenvalue weighted by Gasteiger charge is 2.14. The largest absolute Gasteiger partial charge is 0.397 e. The van der Waals surface area contributed by atoms with E-state index >= 15 is 0 Å². The molecule has 0 unspecified atom stereocenters. The van der Waals surface area contributed by atoms with Crippen LogP contribution in [0.5, 0.6) is 0 Å². The first-order chi connectivity index (χ1) is 10.1. The second-order valence-corrected chi connectivity index (χ2v) is 6.02. The number of ether oxygens (including phenoxy) is 1. The van der Waals surface area contributed by atoms with Crippen molar-refractivity contribution in [1.82, 2.24) is 0 Å². The molecule has 3 N–H and O–H groups in total. The lowest BCUT2D eigenvalue weighted by atomic mass is 10.1. The number of rotatable bonds is 7. The summed E-state index contributed by atoms with van der Waals surface area (Å²) in [4.78, 5) is 11.8. The van der Waals surface area contributed by atoms with Crippen LogP contribution in [0.3, 0.4) is 0 Å². The number of hydrogen-bond acceptors (Lipinski definition) is 3. The monoisotopic (exact) mass is 310 g/mol. The van der Waals surface area contributed by atoms with E-state index in [0.29, 0.717) is 29.4 Å². The number of carbonyl (C=O) groups excluding carboxylic acids is 1. The Morgan fingerprint density at radius 1 is 1.38 bits per heavy atom. The van der Waals surface area contributed by atoms with Crippen molar-refractivity contribution in [2.75, 3.05) is 24.3 Å². The molecule has 0 aromatic heterocycles. The molecule has 0 atom stereocenters. The summed E-state index contributed by atoms with van der Waals surface area (Å²) in [5.41, 5.74) is 6.83. The average molecular weight is 311 g/mol. The van der Waals surface area contributed by atoms with Gasteiger partial charge in [0.15, 0.2) is 0 Å². The molecule has 0 heterocycles. The standard InChI is InChI=1S/C16H23ClN2O2/c17-14-8-7-13(10-15(14)18)19-16(20)6-3-9-21-11-12-4-1-2-5-12/h7-8,10,12H,1-6,9,11,18H2,(H,19,20). The number of carbonyl (C=O) groups is 1. The van der Waals surface area contributed by atoms with E-state index in [1.807, 2.05) is 0 Å². The number of amides is 1. The van der Waals surface area contributed by atoms with Crippen LogP contribution >= 0.6 is 11.6 Å². The van der Waals surface area contributed by atoms with Crippen molar-refractivity contribution < 1.29 is 9.53 Å². The van der Waals surface area contributed by atoms with Crippen molar-refractivity contribution >= 4 is 28.9 Å². The van der Waals surface area contributed by atoms with Crippen LogP contribution in [-0.2, 0) is 9.53 Å². The summed E-state index contributed by atoms with van der Waals surface area (Å²) in [6, 6.07) is 5.08. The van der Waals surface area contributed by atoms with Gasteiger partial charge in [-0.2, -0.15) is 0 Å². The van der Waals surface area contributed by atoms with Crippen molar-refractivity contribution in [1.29, 1.82) is 0 Å². The summed E-state index contributed by atoms with van der Waals surface area (Å²) in [5, 5.41) is 3.30. The third kappa shape index (κ3) is 5.56. The van der Waals surface area contributed by atoms with E-state index in [2.05, 4.69) is 5.32 Å². The first-order valence-corrected chi connectivity index (χ1v) is 7.95. The van der Waals surface area contributed by atoms with Gasteiger partial charge < -0.3 is 15.8 Å². The predicted octanol–water partition coefficient (Wildman–Crippen LogP) is 3.85. The molecule has 21 heavy (non-hydrogen) atoms. The number of hydrogen-bond donors (Lipinski definition) is 2. The Kier molecular flexibility index (Phi) is 6.33. The number of nitrogen functional groups attached to an aromatic ring is 1. The SMILES string of the molecule is Nc1cc(NC(=O)CCCOCC2CCCC2)ccc1Cl. The fourth-order valence-electron chi connectivity index (χ4n) is 2.61. The van der Waals surface area contributed by atoms with Crippen LogP contribution in [-0.4, -0.2) is 19.1 Å². The Bertz CT molecular complexity index is 473. The van der Waals surface area contributed by atoms with E-state index in [1.54, 1.807) is 18.2 Å². The Morgan fingerprint density at radius 3 is 2.86 bits per heavy atom. The van der Waals surface area contributed by atoms with Gasteiger partial charge in [0.1, 0.15) is 0 Å². The maximum atomic E-state index is 11.8. The summed E-state index contributed by atoms with van der Waals surface area (Å²) >= 11 is 5.84. The number of halogens is 1. The van der Waals surface area contributed by atoms with E-state index in [4.69, 9.17) is 22.1 Å². The summed E-state index contributed by atoms with van der Waals surface area (Å²) in [5.74, 6) is 0.706. The minimum absolute atomic E-state index is 0.0267. The predicted molar refractivity (Wildman–Crippen MR) is 86.5 cm³/mol. The molecule has 0 saturated heterocycles. The van der Waals surface area contributed by atoms with Gasteiger partial charge in [0.25, 0.3) is 0 Å². The highest BCUT2D eigenvalue weighted by molar-refractivity contribution is 6.33. The quantitative estimate of drug-likeness (QED) is 0.594. The molecular formula is C16H23ClN2O2. The summed E-state index contributed by atoms with van der Waals surface area (Å²) in [6.07, 6.45) is 6.44. The van der Waals surface area contributed by atoms with Crippen LogP contribution in [0.4, 0.5) is 11.4 Å². The van der Waals surface area contributed by atoms with Gasteiger partial charge in [-0.05, 0) is 43.4 Å². The zero-order valence-electron chi connectivity index (χ0n) is 12.2. The number of nitrogens with one attached hydrogen (secondary N) is 1. The zero-order chi connectivity index (χ0) is 15.1. The smallest absolute Gasteiger partial charge is 0.224 e. The van der Waals surface area contributed by atoms with Gasteiger partial charge in [-0.1, -0.05) is 24.4 Å². The Balaban J connectivity index is 1.59. The van der Waals surface area contributed by atoms with Crippen molar-refractivity contribution in [3.05, 3.63) is 23.2 Å². The van der Waals surface area contributed by atoms with E-state index in [9.17, 15) is 4.79 Å². The summed E-state index contributed by atoms with van der Waals surface area (Å²) in [7, 11) is 0. The van der Waals surface area contributed by atoms with Crippen LogP contribution in [0.2, 0.25) is 5.02 Å². The van der Waals surface area contributed by atoms with Crippen molar-refractivity contribution in [2.24, 2.45) is 5.92 Å². The van der Waals surface area contributed by atoms with Gasteiger partial charge in [0, 0.05) is 25.3 Å². The Labute approximate surface area is 131 Å². The number of benzene rings is 1. The topological polar surface area (TPSA) is 64.3 Å². The van der Waals surface area contributed by atoms with Gasteiger partial charge >= 0.3 is 0 Å². The Hall–Kier alpha value is -1.26. The molecule has 116 valence electrons. The molecule has 1 fully saturated rings. The van der Waals surface area contributed by atoms with Gasteiger partial charge in [-0.15, -0.1) is 0 Å². The molecule has 1 aromatic carbocycles. The van der Waals surface area contributed by atoms with Crippen molar-refractivity contribution in [2.45, 2.75) is 38.5 Å². The second kappa shape index (κ2) is 8.25. The van der Waals surface area contributed by atoms with Crippen LogP contribution < -0.4 is 11.1 Å². The Morgan fingerprint density at radius 2 is 2.14 bits per heavy atom. The second-order valence-electron chi connectivity index (χ2n) is 5.61. The molecule has 1 aliphatic carbocycles. The lowest BCUT2D eigenvalue weighted by molar-refractivity contribution is -0.116. The lowest BCUT2D eigenvalue weighted by Gasteiger charge is -2.10. The molecule has 0 spiro atoms. The van der Waals surface area contributed by atoms with Crippen molar-refractivity contribution in [3.63, 3.8) is 0 Å². The first-order valence-electron chi connectivity index (χ1n) is 7.58. The molecule has 0 radical (unpaired) electrons. The minimum Gasteiger partial charge on any atom is -0.397 e. The molecular weight excluding hydrogens is 288 g/mol. The van der Waals surface area contributed by atoms with Crippen LogP contribution in [0.1, 0.15) is 38.5 Å². The fourth-order valence-corrected chi connectivity index (χ4v) is 2.72. The molecule has 4 nitrogen and oxygen atoms in total. The van der Waals surface area contributed by atoms with Gasteiger partial charge in [0.2, 0.25) is 5.91 Å². The third-order valence-electron chi connectivity index (χ3n) is 3.80. The van der Waals surface area contributed by atoms with Gasteiger partial charge in [-0.3, -0.25) is 4.79 Å². The van der Waals surface area contributed by atoms with Crippen LogP contribution in [0.15, 0.2) is 18.2 Å². The molecule has 0 bridgehead atoms. The third-order valence-corrected chi connectivity index (χ3v) is 4.14. The zero-order valence-corrected chi connectivity index (χ0v) is 13.0. The number of nitrogens with two attached hydrogens (primary N) is 1. The summed E-state index contributed by atoms with van der Waals surface area (Å²) in [6.45, 7) is 1.49. The normalized spacial score (nSPS) is 15.3. The average Bonchev–Trinajstić information content (AvgIpc) is 2.96. The highest BCUT2D eigenvalue weighted by atomic mass is 35.5. The van der Waals surface area contributed by atoms with Crippen LogP contribution in [0, 0.1) is 5.92 Å². The van der Waals surface area contributed by atoms with E-state index in [0.717, 1.165) is 18.9 Å². The maximum absolute atomic E-state index is 11.8. The fraction of sp³-hybridized carbons (Fsp3) is 0.562. The van der Waals surface area contributed by atoms with E-state index in [-0.39, 0.29) is 5.91 Å². The van der Waals surface area contributed by atoms with E-state index in [1.165, 1.54) is 25.7 Å². The first kappa shape index (κ1) is 16.1. The molecule has 2 rings (SSSR count). The van der Waals surface area contributed by atoms with Gasteiger partial charge in [0.05, 0.1) is 10.7 Å². The van der Waals surface area contributed by atoms with Crippen LogP contribution in [0.25, 0.3) is 0 Å². The summed E-state index contributed by atoms with van der Waals surface area (Å²) < 4.78 is 5.64. The molecule has 1 saturated carbocycles. The molecule has 1 aliphatic rings. The minimum atomic E-state index is -0.0267. The lowest BCUT2D eigenvalue weighted by Crippen LogP contribution is -2.13. The number of anilines is 2. The highest BCUT2D eigenvalue weighted by Crippen LogP contribution is 2.25. The molecule has 0 aliphatic heterocycles.